The van der Waals surface area contributed by atoms with Crippen molar-refractivity contribution in [3.63, 3.8) is 0 Å². The lowest BCUT2D eigenvalue weighted by atomic mass is 9.96. The number of nitrogens with zero attached hydrogens (tertiary/aromatic N) is 4. The Morgan fingerprint density at radius 2 is 0.674 bits per heavy atom. The van der Waals surface area contributed by atoms with Gasteiger partial charge in [0.25, 0.3) is 0 Å². The fraction of sp³-hybridized carbons (Fsp3) is 0.885. The van der Waals surface area contributed by atoms with Gasteiger partial charge in [0.2, 0.25) is 0 Å². The SMILES string of the molecule is C[N+](C)(C)CCO.C[N+](C)(C)CCO.C[N+](C)(C)CCO.C[N+](C)(C)CCO.O.O=C([O-])CC(O)(CC(=O)[O-])C(=O)[O-].[Cl-]. The van der Waals surface area contributed by atoms with Gasteiger partial charge in [-0.2, -0.15) is 0 Å². The van der Waals surface area contributed by atoms with E-state index in [1.165, 1.54) is 0 Å². The molecular weight excluding hydrogens is 596 g/mol. The van der Waals surface area contributed by atoms with Gasteiger partial charge in [0, 0.05) is 24.8 Å². The van der Waals surface area contributed by atoms with Crippen LogP contribution in [0, 0.1) is 0 Å². The van der Waals surface area contributed by atoms with Crippen LogP contribution in [-0.2, 0) is 14.4 Å². The molecule has 0 heterocycles. The predicted octanol–water partition coefficient (Wildman–Crippen LogP) is -10.3. The van der Waals surface area contributed by atoms with E-state index in [1.807, 2.05) is 0 Å². The molecule has 0 saturated heterocycles. The molecule has 43 heavy (non-hydrogen) atoms. The lowest BCUT2D eigenvalue weighted by Crippen LogP contribution is -3.00. The molecule has 0 atom stereocenters. The van der Waals surface area contributed by atoms with E-state index in [9.17, 15) is 29.7 Å². The van der Waals surface area contributed by atoms with Gasteiger partial charge in [0.05, 0.1) is 117 Å². The van der Waals surface area contributed by atoms with Gasteiger partial charge >= 0.3 is 0 Å². The highest BCUT2D eigenvalue weighted by molar-refractivity contribution is 5.86. The van der Waals surface area contributed by atoms with E-state index in [0.29, 0.717) is 0 Å². The highest BCUT2D eigenvalue weighted by atomic mass is 35.5. The zero-order valence-electron chi connectivity index (χ0n) is 28.4. The maximum atomic E-state index is 10.1. The van der Waals surface area contributed by atoms with Gasteiger partial charge in [-0.25, -0.2) is 0 Å². The molecule has 0 aromatic heterocycles. The van der Waals surface area contributed by atoms with Crippen LogP contribution in [0.3, 0.4) is 0 Å². The second kappa shape index (κ2) is 27.8. The van der Waals surface area contributed by atoms with Crippen molar-refractivity contribution in [2.24, 2.45) is 0 Å². The Morgan fingerprint density at radius 1 is 0.512 bits per heavy atom. The molecule has 0 radical (unpaired) electrons. The lowest BCUT2D eigenvalue weighted by molar-refractivity contribution is -0.870. The van der Waals surface area contributed by atoms with Crippen LogP contribution in [0.4, 0.5) is 0 Å². The van der Waals surface area contributed by atoms with E-state index in [1.54, 1.807) is 0 Å². The molecule has 0 fully saturated rings. The predicted molar refractivity (Wildman–Crippen MR) is 153 cm³/mol. The molecule has 0 spiro atoms. The zero-order valence-corrected chi connectivity index (χ0v) is 29.2. The summed E-state index contributed by atoms with van der Waals surface area (Å²) in [5.41, 5.74) is -2.97. The van der Waals surface area contributed by atoms with Crippen molar-refractivity contribution in [3.8, 4) is 0 Å². The smallest absolute Gasteiger partial charge is 0.114 e. The van der Waals surface area contributed by atoms with Gasteiger partial charge in [-0.15, -0.1) is 0 Å². The van der Waals surface area contributed by atoms with E-state index >= 15 is 0 Å². The molecule has 0 rings (SSSR count). The van der Waals surface area contributed by atoms with Crippen molar-refractivity contribution in [2.45, 2.75) is 18.4 Å². The summed E-state index contributed by atoms with van der Waals surface area (Å²) in [6.07, 6.45) is -2.72. The first-order valence-electron chi connectivity index (χ1n) is 13.0. The van der Waals surface area contributed by atoms with Crippen LogP contribution >= 0.6 is 0 Å². The number of hydrogen-bond acceptors (Lipinski definition) is 11. The normalized spacial score (nSPS) is 11.1. The Labute approximate surface area is 264 Å². The molecule has 0 aromatic carbocycles. The Hall–Kier alpha value is -1.70. The van der Waals surface area contributed by atoms with Crippen LogP contribution in [0.15, 0.2) is 0 Å². The molecule has 0 saturated carbocycles. The highest BCUT2D eigenvalue weighted by Crippen LogP contribution is 2.13. The standard InChI is InChI=1S/C6H8O7.4C5H14NO.ClH.H2O/c7-3(8)1-6(13,5(11)12)2-4(9)10;4*1-6(2,3)4-5-7;;/h13H,1-2H2,(H,7,8)(H,9,10)(H,11,12);4*7H,4-5H2,1-3H3;1H;1H2/q;4*+1;;/p-4. The van der Waals surface area contributed by atoms with Crippen LogP contribution in [0.25, 0.3) is 0 Å². The lowest BCUT2D eigenvalue weighted by Gasteiger charge is -2.29. The number of carbonyl (C=O) groups excluding carboxylic acids is 3. The first-order valence-corrected chi connectivity index (χ1v) is 13.0. The number of halogens is 1. The van der Waals surface area contributed by atoms with Crippen molar-refractivity contribution in [1.82, 2.24) is 0 Å². The van der Waals surface area contributed by atoms with Crippen molar-refractivity contribution in [1.29, 1.82) is 0 Å². The number of aliphatic hydroxyl groups excluding tert-OH is 4. The molecule has 17 heteroatoms. The number of likely N-dealkylation sites (N-methyl/N-ethyl adjacent to an activating group) is 4. The molecule has 0 amide bonds. The monoisotopic (exact) mass is 658 g/mol. The minimum absolute atomic E-state index is 0. The largest absolute Gasteiger partial charge is 1.00 e. The average Bonchev–Trinajstić information content (AvgIpc) is 2.64. The highest BCUT2D eigenvalue weighted by Gasteiger charge is 2.29. The van der Waals surface area contributed by atoms with Gasteiger partial charge in [-0.05, 0) is 0 Å². The summed E-state index contributed by atoms with van der Waals surface area (Å²) in [5.74, 6) is -5.98. The summed E-state index contributed by atoms with van der Waals surface area (Å²) in [6, 6.07) is 0. The average molecular weight is 659 g/mol. The number of carboxylic acid groups (broad SMARTS) is 3. The molecule has 16 nitrogen and oxygen atoms in total. The number of rotatable bonds is 13. The molecule has 0 bridgehead atoms. The van der Waals surface area contributed by atoms with E-state index in [-0.39, 0.29) is 44.3 Å². The third-order valence-electron chi connectivity index (χ3n) is 4.34. The van der Waals surface area contributed by atoms with Crippen LogP contribution in [0.2, 0.25) is 0 Å². The summed E-state index contributed by atoms with van der Waals surface area (Å²) >= 11 is 0. The zero-order chi connectivity index (χ0) is 34.3. The van der Waals surface area contributed by atoms with E-state index in [0.717, 1.165) is 44.1 Å². The number of aliphatic carboxylic acids is 3. The number of carbonyl (C=O) groups is 3. The first kappa shape index (κ1) is 57.0. The quantitative estimate of drug-likeness (QED) is 0.116. The third kappa shape index (κ3) is 64.4. The van der Waals surface area contributed by atoms with Crippen molar-refractivity contribution < 1.29 is 91.1 Å². The van der Waals surface area contributed by atoms with Crippen molar-refractivity contribution >= 4 is 17.9 Å². The third-order valence-corrected chi connectivity index (χ3v) is 4.34. The molecular formula is C26H63ClN4O12. The number of quaternary nitrogens is 4. The summed E-state index contributed by atoms with van der Waals surface area (Å²) in [6.45, 7) is 4.46. The summed E-state index contributed by atoms with van der Waals surface area (Å²) in [4.78, 5) is 30.0. The topological polar surface area (TPSA) is 253 Å². The second-order valence-corrected chi connectivity index (χ2v) is 13.4. The maximum absolute atomic E-state index is 10.1. The van der Waals surface area contributed by atoms with Gasteiger partial charge in [0.1, 0.15) is 31.8 Å². The van der Waals surface area contributed by atoms with Gasteiger partial charge < -0.3 is 91.1 Å². The molecule has 0 aliphatic carbocycles. The van der Waals surface area contributed by atoms with Crippen molar-refractivity contribution in [2.75, 3.05) is 137 Å². The van der Waals surface area contributed by atoms with Crippen molar-refractivity contribution in [3.05, 3.63) is 0 Å². The van der Waals surface area contributed by atoms with E-state index in [4.69, 9.17) is 25.5 Å². The summed E-state index contributed by atoms with van der Waals surface area (Å²) in [7, 11) is 24.6. The van der Waals surface area contributed by atoms with E-state index in [2.05, 4.69) is 84.6 Å². The fourth-order valence-electron chi connectivity index (χ4n) is 1.88. The van der Waals surface area contributed by atoms with Gasteiger partial charge in [-0.3, -0.25) is 0 Å². The minimum Gasteiger partial charge on any atom is -1.00 e. The number of carboxylic acids is 3. The Bertz CT molecular complexity index is 608. The Kier molecular flexibility index (Phi) is 36.9. The molecule has 0 unspecified atom stereocenters. The van der Waals surface area contributed by atoms with Crippen LogP contribution in [0.5, 0.6) is 0 Å². The molecule has 0 aromatic rings. The summed E-state index contributed by atoms with van der Waals surface area (Å²) < 4.78 is 3.38. The molecule has 0 aliphatic heterocycles. The number of hydrogen-bond donors (Lipinski definition) is 5. The van der Waals surface area contributed by atoms with Crippen LogP contribution in [-0.4, -0.2) is 210 Å². The second-order valence-electron chi connectivity index (χ2n) is 13.4. The molecule has 7 N–H and O–H groups in total. The Morgan fingerprint density at radius 3 is 0.721 bits per heavy atom. The molecule has 0 aliphatic rings. The van der Waals surface area contributed by atoms with Gasteiger partial charge in [0.15, 0.2) is 0 Å². The van der Waals surface area contributed by atoms with Crippen LogP contribution < -0.4 is 27.7 Å². The van der Waals surface area contributed by atoms with E-state index < -0.39 is 36.4 Å². The number of aliphatic hydroxyl groups is 5. The minimum atomic E-state index is -2.97. The van der Waals surface area contributed by atoms with Gasteiger partial charge in [-0.1, -0.05) is 0 Å². The maximum Gasteiger partial charge on any atom is 0.114 e. The fourth-order valence-corrected chi connectivity index (χ4v) is 1.88. The van der Waals surface area contributed by atoms with Crippen LogP contribution in [0.1, 0.15) is 12.8 Å². The molecule has 266 valence electrons. The first-order chi connectivity index (χ1) is 18.0. The summed E-state index contributed by atoms with van der Waals surface area (Å²) in [5, 5.41) is 72.5. The Balaban J connectivity index is -0.0000000768.